The van der Waals surface area contributed by atoms with Gasteiger partial charge in [0, 0.05) is 24.8 Å². The van der Waals surface area contributed by atoms with E-state index < -0.39 is 35.3 Å². The van der Waals surface area contributed by atoms with Gasteiger partial charge >= 0.3 is 6.18 Å². The van der Waals surface area contributed by atoms with E-state index in [1.165, 1.54) is 11.8 Å². The number of carbonyl (C=O) groups excluding carboxylic acids is 1. The van der Waals surface area contributed by atoms with Crippen LogP contribution in [0.4, 0.5) is 33.5 Å². The highest BCUT2D eigenvalue weighted by atomic mass is 35.5. The molecule has 3 rings (SSSR count). The Kier molecular flexibility index (Phi) is 7.24. The number of rotatable bonds is 6. The molecule has 2 N–H and O–H groups in total. The summed E-state index contributed by atoms with van der Waals surface area (Å²) in [4.78, 5) is 20.2. The lowest BCUT2D eigenvalue weighted by atomic mass is 10.1. The topological polar surface area (TPSA) is 62.5 Å². The van der Waals surface area contributed by atoms with Crippen molar-refractivity contribution in [3.05, 3.63) is 52.2 Å². The smallest absolute Gasteiger partial charge is 0.345 e. The Morgan fingerprint density at radius 1 is 1.25 bits per heavy atom. The summed E-state index contributed by atoms with van der Waals surface area (Å²) in [6, 6.07) is 2.57. The monoisotopic (exact) mass is 476 g/mol. The van der Waals surface area contributed by atoms with E-state index in [0.717, 1.165) is 23.1 Å². The Hall–Kier alpha value is -2.46. The first kappa shape index (κ1) is 24.2. The third kappa shape index (κ3) is 5.12. The predicted octanol–water partition coefficient (Wildman–Crippen LogP) is 4.69. The van der Waals surface area contributed by atoms with Gasteiger partial charge in [-0.1, -0.05) is 11.6 Å². The maximum Gasteiger partial charge on any atom is 0.416 e. The van der Waals surface area contributed by atoms with Crippen LogP contribution >= 0.6 is 11.6 Å². The summed E-state index contributed by atoms with van der Waals surface area (Å²) in [5.74, 6) is -2.47. The second-order valence-electron chi connectivity index (χ2n) is 7.55. The molecule has 1 fully saturated rings. The van der Waals surface area contributed by atoms with E-state index in [0.29, 0.717) is 31.9 Å². The number of nitrogens with zero attached hydrogens (tertiary/aromatic N) is 3. The van der Waals surface area contributed by atoms with Gasteiger partial charge < -0.3 is 15.5 Å². The van der Waals surface area contributed by atoms with Gasteiger partial charge in [0.1, 0.15) is 23.5 Å². The zero-order chi connectivity index (χ0) is 23.6. The Labute approximate surface area is 187 Å². The van der Waals surface area contributed by atoms with Crippen LogP contribution in [-0.4, -0.2) is 36.6 Å². The van der Waals surface area contributed by atoms with Gasteiger partial charge in [-0.05, 0) is 50.9 Å². The molecule has 2 heterocycles. The summed E-state index contributed by atoms with van der Waals surface area (Å²) in [5.41, 5.74) is 4.63. The highest BCUT2D eigenvalue weighted by Gasteiger charge is 2.38. The lowest BCUT2D eigenvalue weighted by Gasteiger charge is -2.31. The first-order valence-electron chi connectivity index (χ1n) is 10.0. The minimum absolute atomic E-state index is 0.0181. The molecule has 1 aromatic heterocycles. The molecule has 1 aliphatic rings. The minimum atomic E-state index is -4.57. The lowest BCUT2D eigenvalue weighted by Crippen LogP contribution is -2.47. The van der Waals surface area contributed by atoms with Gasteiger partial charge in [-0.2, -0.15) is 13.2 Å². The molecule has 2 aromatic rings. The number of aromatic nitrogens is 1. The molecule has 0 aliphatic carbocycles. The van der Waals surface area contributed by atoms with Crippen LogP contribution in [0.3, 0.4) is 0 Å². The van der Waals surface area contributed by atoms with Crippen LogP contribution in [0.5, 0.6) is 0 Å². The molecular formula is C21H22ClF5N4O. The molecule has 0 radical (unpaired) electrons. The summed E-state index contributed by atoms with van der Waals surface area (Å²) < 4.78 is 68.0. The summed E-state index contributed by atoms with van der Waals surface area (Å²) in [6.45, 7) is 1.99. The van der Waals surface area contributed by atoms with Crippen LogP contribution in [-0.2, 0) is 11.0 Å². The number of halogens is 6. The van der Waals surface area contributed by atoms with Crippen LogP contribution in [0.15, 0.2) is 24.3 Å². The Bertz CT molecular complexity index is 1000. The van der Waals surface area contributed by atoms with Crippen molar-refractivity contribution in [3.8, 4) is 0 Å². The van der Waals surface area contributed by atoms with Crippen molar-refractivity contribution < 1.29 is 26.7 Å². The van der Waals surface area contributed by atoms with Gasteiger partial charge in [-0.25, -0.2) is 13.8 Å². The molecule has 0 unspecified atom stereocenters. The van der Waals surface area contributed by atoms with E-state index >= 15 is 0 Å². The molecule has 174 valence electrons. The first-order valence-corrected chi connectivity index (χ1v) is 10.4. The Morgan fingerprint density at radius 2 is 1.97 bits per heavy atom. The summed E-state index contributed by atoms with van der Waals surface area (Å²) in [6.07, 6.45) is -3.37. The van der Waals surface area contributed by atoms with Crippen molar-refractivity contribution >= 4 is 29.0 Å². The van der Waals surface area contributed by atoms with Gasteiger partial charge in [0.15, 0.2) is 0 Å². The van der Waals surface area contributed by atoms with Gasteiger partial charge in [-0.15, -0.1) is 0 Å². The number of carbonyl (C=O) groups is 1. The average Bonchev–Trinajstić information content (AvgIpc) is 3.20. The molecule has 1 aliphatic heterocycles. The van der Waals surface area contributed by atoms with E-state index in [1.807, 2.05) is 0 Å². The number of hydrogen-bond acceptors (Lipinski definition) is 4. The van der Waals surface area contributed by atoms with E-state index in [9.17, 15) is 26.7 Å². The molecule has 1 aromatic carbocycles. The lowest BCUT2D eigenvalue weighted by molar-refractivity contribution is -0.137. The van der Waals surface area contributed by atoms with Crippen molar-refractivity contribution in [1.82, 2.24) is 4.98 Å². The fourth-order valence-electron chi connectivity index (χ4n) is 3.76. The number of nitrogens with two attached hydrogens (primary N) is 1. The Morgan fingerprint density at radius 3 is 2.62 bits per heavy atom. The fraction of sp³-hybridized carbons (Fsp3) is 0.429. The normalized spacial score (nSPS) is 16.5. The van der Waals surface area contributed by atoms with Crippen LogP contribution in [0, 0.1) is 18.6 Å². The molecule has 11 heteroatoms. The minimum Gasteiger partial charge on any atom is -0.345 e. The second kappa shape index (κ2) is 9.58. The molecule has 0 saturated carbocycles. The quantitative estimate of drug-likeness (QED) is 0.485. The number of aryl methyl sites for hydroxylation is 1. The Balaban J connectivity index is 1.98. The van der Waals surface area contributed by atoms with E-state index in [2.05, 4.69) is 4.98 Å². The molecule has 5 nitrogen and oxygen atoms in total. The van der Waals surface area contributed by atoms with Crippen molar-refractivity contribution in [3.63, 3.8) is 0 Å². The van der Waals surface area contributed by atoms with Crippen molar-refractivity contribution in [2.75, 3.05) is 29.4 Å². The highest BCUT2D eigenvalue weighted by Crippen LogP contribution is 2.35. The SMILES string of the molecule is Cc1cc(C(F)(F)F)cc(N2CCC[C@H]2C(=O)N(CCCN)c2cc(Cl)c(F)cc2F)n1. The number of benzene rings is 1. The van der Waals surface area contributed by atoms with Gasteiger partial charge in [0.2, 0.25) is 5.91 Å². The second-order valence-corrected chi connectivity index (χ2v) is 7.96. The highest BCUT2D eigenvalue weighted by molar-refractivity contribution is 6.31. The molecule has 1 amide bonds. The van der Waals surface area contributed by atoms with Crippen LogP contribution in [0.2, 0.25) is 5.02 Å². The first-order chi connectivity index (χ1) is 15.0. The van der Waals surface area contributed by atoms with Crippen molar-refractivity contribution in [1.29, 1.82) is 0 Å². The zero-order valence-electron chi connectivity index (χ0n) is 17.2. The van der Waals surface area contributed by atoms with Gasteiger partial charge in [0.05, 0.1) is 16.3 Å². The molecule has 1 atom stereocenters. The number of anilines is 2. The van der Waals surface area contributed by atoms with E-state index in [4.69, 9.17) is 17.3 Å². The predicted molar refractivity (Wildman–Crippen MR) is 112 cm³/mol. The molecule has 32 heavy (non-hydrogen) atoms. The zero-order valence-corrected chi connectivity index (χ0v) is 18.0. The van der Waals surface area contributed by atoms with Gasteiger partial charge in [0.25, 0.3) is 0 Å². The van der Waals surface area contributed by atoms with Crippen molar-refractivity contribution in [2.24, 2.45) is 5.73 Å². The van der Waals surface area contributed by atoms with Gasteiger partial charge in [-0.3, -0.25) is 4.79 Å². The van der Waals surface area contributed by atoms with E-state index in [1.54, 1.807) is 0 Å². The summed E-state index contributed by atoms with van der Waals surface area (Å²) in [7, 11) is 0. The average molecular weight is 477 g/mol. The third-order valence-corrected chi connectivity index (χ3v) is 5.52. The molecule has 0 spiro atoms. The molecule has 1 saturated heterocycles. The molecule has 0 bridgehead atoms. The van der Waals surface area contributed by atoms with Crippen LogP contribution in [0.25, 0.3) is 0 Å². The number of alkyl halides is 3. The largest absolute Gasteiger partial charge is 0.416 e. The number of hydrogen-bond donors (Lipinski definition) is 1. The number of pyridine rings is 1. The fourth-order valence-corrected chi connectivity index (χ4v) is 3.91. The molecular weight excluding hydrogens is 455 g/mol. The van der Waals surface area contributed by atoms with Crippen LogP contribution < -0.4 is 15.5 Å². The van der Waals surface area contributed by atoms with Crippen molar-refractivity contribution in [2.45, 2.75) is 38.4 Å². The van der Waals surface area contributed by atoms with E-state index in [-0.39, 0.29) is 35.3 Å². The maximum absolute atomic E-state index is 14.5. The third-order valence-electron chi connectivity index (χ3n) is 5.23. The number of amides is 1. The standard InChI is InChI=1S/C21H22ClF5N4O/c1-12-8-13(21(25,26)27)9-19(29-12)30-6-2-4-17(30)20(32)31(7-3-5-28)18-10-14(22)15(23)11-16(18)24/h8-11,17H,2-7,28H2,1H3/t17-/m0/s1. The summed E-state index contributed by atoms with van der Waals surface area (Å²) >= 11 is 5.80. The summed E-state index contributed by atoms with van der Waals surface area (Å²) in [5, 5.41) is -0.356. The van der Waals surface area contributed by atoms with Crippen LogP contribution in [0.1, 0.15) is 30.5 Å². The maximum atomic E-state index is 14.5.